The van der Waals surface area contributed by atoms with Gasteiger partial charge in [-0.1, -0.05) is 47.7 Å². The molecular weight excluding hydrogens is 288 g/mol. The van der Waals surface area contributed by atoms with E-state index in [4.69, 9.17) is 16.7 Å². The predicted octanol–water partition coefficient (Wildman–Crippen LogP) is 4.12. The molecule has 0 saturated carbocycles. The van der Waals surface area contributed by atoms with Crippen molar-refractivity contribution < 1.29 is 5.11 Å². The second kappa shape index (κ2) is 8.01. The first kappa shape index (κ1) is 15.0. The van der Waals surface area contributed by atoms with Crippen molar-refractivity contribution in [2.75, 3.05) is 6.61 Å². The summed E-state index contributed by atoms with van der Waals surface area (Å²) >= 11 is 7.72. The Morgan fingerprint density at radius 2 is 1.75 bits per heavy atom. The smallest absolute Gasteiger partial charge is 0.104 e. The van der Waals surface area contributed by atoms with E-state index in [1.54, 1.807) is 0 Å². The van der Waals surface area contributed by atoms with Crippen LogP contribution in [0, 0.1) is 11.8 Å². The third-order valence-electron chi connectivity index (χ3n) is 2.69. The van der Waals surface area contributed by atoms with E-state index in [9.17, 15) is 0 Å². The second-order valence-corrected chi connectivity index (χ2v) is 5.70. The lowest BCUT2D eigenvalue weighted by molar-refractivity contribution is 0.350. The largest absolute Gasteiger partial charge is 0.384 e. The molecule has 1 nitrogen and oxygen atoms in total. The Kier molecular flexibility index (Phi) is 6.01. The van der Waals surface area contributed by atoms with Gasteiger partial charge >= 0.3 is 0 Å². The number of thioether (sulfide) groups is 1. The zero-order chi connectivity index (χ0) is 14.2. The van der Waals surface area contributed by atoms with E-state index in [1.165, 1.54) is 11.1 Å². The fourth-order valence-electron chi connectivity index (χ4n) is 1.75. The summed E-state index contributed by atoms with van der Waals surface area (Å²) in [6, 6.07) is 16.1. The van der Waals surface area contributed by atoms with Crippen molar-refractivity contribution in [2.45, 2.75) is 11.5 Å². The molecule has 102 valence electrons. The number of aliphatic hydroxyl groups is 1. The van der Waals surface area contributed by atoms with Gasteiger partial charge in [0, 0.05) is 22.1 Å². The van der Waals surface area contributed by atoms with Crippen LogP contribution in [0.15, 0.2) is 48.5 Å². The standard InChI is InChI=1S/C17H15ClOS/c18-17-8-6-15(7-9-17)12-20-13-16-4-1-3-14(11-16)5-2-10-19/h1,3-4,6-9,11,19H,10,12-13H2. The molecule has 0 atom stereocenters. The van der Waals surface area contributed by atoms with Gasteiger partial charge in [-0.2, -0.15) is 11.8 Å². The van der Waals surface area contributed by atoms with Gasteiger partial charge in [0.2, 0.25) is 0 Å². The van der Waals surface area contributed by atoms with Crippen LogP contribution in [0.2, 0.25) is 5.02 Å². The molecule has 2 aromatic carbocycles. The molecule has 0 bridgehead atoms. The van der Waals surface area contributed by atoms with E-state index in [0.717, 1.165) is 22.1 Å². The minimum absolute atomic E-state index is 0.102. The average Bonchev–Trinajstić information content (AvgIpc) is 2.48. The molecule has 0 aliphatic heterocycles. The Hall–Kier alpha value is -1.40. The summed E-state index contributed by atoms with van der Waals surface area (Å²) in [5.41, 5.74) is 3.47. The average molecular weight is 303 g/mol. The third-order valence-corrected chi connectivity index (χ3v) is 4.02. The first-order valence-electron chi connectivity index (χ1n) is 6.29. The molecule has 2 aromatic rings. The van der Waals surface area contributed by atoms with Gasteiger partial charge in [-0.3, -0.25) is 0 Å². The van der Waals surface area contributed by atoms with E-state index >= 15 is 0 Å². The highest BCUT2D eigenvalue weighted by Crippen LogP contribution is 2.19. The molecule has 0 fully saturated rings. The SMILES string of the molecule is OCC#Cc1cccc(CSCc2ccc(Cl)cc2)c1. The maximum Gasteiger partial charge on any atom is 0.104 e. The molecule has 3 heteroatoms. The van der Waals surface area contributed by atoms with Gasteiger partial charge in [0.25, 0.3) is 0 Å². The van der Waals surface area contributed by atoms with Crippen LogP contribution in [-0.4, -0.2) is 11.7 Å². The van der Waals surface area contributed by atoms with Gasteiger partial charge in [-0.15, -0.1) is 0 Å². The maximum atomic E-state index is 8.70. The van der Waals surface area contributed by atoms with E-state index < -0.39 is 0 Å². The van der Waals surface area contributed by atoms with Crippen LogP contribution in [-0.2, 0) is 11.5 Å². The quantitative estimate of drug-likeness (QED) is 0.858. The number of aliphatic hydroxyl groups excluding tert-OH is 1. The van der Waals surface area contributed by atoms with Gasteiger partial charge in [0.15, 0.2) is 0 Å². The van der Waals surface area contributed by atoms with Crippen molar-refractivity contribution in [3.05, 3.63) is 70.2 Å². The molecule has 2 rings (SSSR count). The zero-order valence-electron chi connectivity index (χ0n) is 11.0. The van der Waals surface area contributed by atoms with Gasteiger partial charge in [-0.05, 0) is 35.4 Å². The Morgan fingerprint density at radius 1 is 1.00 bits per heavy atom. The predicted molar refractivity (Wildman–Crippen MR) is 86.9 cm³/mol. The molecule has 1 N–H and O–H groups in total. The van der Waals surface area contributed by atoms with E-state index in [-0.39, 0.29) is 6.61 Å². The summed E-state index contributed by atoms with van der Waals surface area (Å²) in [7, 11) is 0. The number of halogens is 1. The van der Waals surface area contributed by atoms with Crippen LogP contribution in [0.5, 0.6) is 0 Å². The van der Waals surface area contributed by atoms with Crippen molar-refractivity contribution in [1.29, 1.82) is 0 Å². The van der Waals surface area contributed by atoms with E-state index in [0.29, 0.717) is 0 Å². The molecular formula is C17H15ClOS. The molecule has 0 aliphatic carbocycles. The monoisotopic (exact) mass is 302 g/mol. The van der Waals surface area contributed by atoms with Crippen LogP contribution in [0.1, 0.15) is 16.7 Å². The molecule has 0 aromatic heterocycles. The molecule has 0 radical (unpaired) electrons. The van der Waals surface area contributed by atoms with Gasteiger partial charge in [-0.25, -0.2) is 0 Å². The number of rotatable bonds is 4. The highest BCUT2D eigenvalue weighted by atomic mass is 35.5. The van der Waals surface area contributed by atoms with Crippen LogP contribution in [0.3, 0.4) is 0 Å². The normalized spacial score (nSPS) is 9.90. The first-order valence-corrected chi connectivity index (χ1v) is 7.82. The lowest BCUT2D eigenvalue weighted by Crippen LogP contribution is -1.85. The summed E-state index contributed by atoms with van der Waals surface area (Å²) in [5.74, 6) is 7.49. The van der Waals surface area contributed by atoms with Crippen molar-refractivity contribution in [2.24, 2.45) is 0 Å². The zero-order valence-corrected chi connectivity index (χ0v) is 12.5. The molecule has 0 aliphatic rings. The van der Waals surface area contributed by atoms with Crippen molar-refractivity contribution in [3.8, 4) is 11.8 Å². The Labute approximate surface area is 129 Å². The molecule has 0 heterocycles. The van der Waals surface area contributed by atoms with Gasteiger partial charge in [0.05, 0.1) is 0 Å². The van der Waals surface area contributed by atoms with Crippen molar-refractivity contribution in [1.82, 2.24) is 0 Å². The summed E-state index contributed by atoms with van der Waals surface area (Å²) in [4.78, 5) is 0. The third kappa shape index (κ3) is 4.94. The molecule has 0 spiro atoms. The van der Waals surface area contributed by atoms with Crippen LogP contribution < -0.4 is 0 Å². The molecule has 0 unspecified atom stereocenters. The molecule has 0 amide bonds. The maximum absolute atomic E-state index is 8.70. The number of hydrogen-bond donors (Lipinski definition) is 1. The Balaban J connectivity index is 1.89. The van der Waals surface area contributed by atoms with Gasteiger partial charge < -0.3 is 5.11 Å². The summed E-state index contributed by atoms with van der Waals surface area (Å²) < 4.78 is 0. The van der Waals surface area contributed by atoms with Crippen LogP contribution in [0.4, 0.5) is 0 Å². The van der Waals surface area contributed by atoms with Crippen LogP contribution in [0.25, 0.3) is 0 Å². The fourth-order valence-corrected chi connectivity index (χ4v) is 2.82. The minimum Gasteiger partial charge on any atom is -0.384 e. The van der Waals surface area contributed by atoms with Crippen molar-refractivity contribution >= 4 is 23.4 Å². The second-order valence-electron chi connectivity index (χ2n) is 4.28. The van der Waals surface area contributed by atoms with Gasteiger partial charge in [0.1, 0.15) is 6.61 Å². The minimum atomic E-state index is -0.102. The lowest BCUT2D eigenvalue weighted by atomic mass is 10.1. The molecule has 0 saturated heterocycles. The summed E-state index contributed by atoms with van der Waals surface area (Å²) in [6.07, 6.45) is 0. The molecule has 20 heavy (non-hydrogen) atoms. The summed E-state index contributed by atoms with van der Waals surface area (Å²) in [6.45, 7) is -0.102. The van der Waals surface area contributed by atoms with E-state index in [2.05, 4.69) is 36.1 Å². The van der Waals surface area contributed by atoms with E-state index in [1.807, 2.05) is 36.0 Å². The Morgan fingerprint density at radius 3 is 2.50 bits per heavy atom. The fraction of sp³-hybridized carbons (Fsp3) is 0.176. The number of benzene rings is 2. The first-order chi connectivity index (χ1) is 9.78. The van der Waals surface area contributed by atoms with Crippen molar-refractivity contribution in [3.63, 3.8) is 0 Å². The number of hydrogen-bond acceptors (Lipinski definition) is 2. The lowest BCUT2D eigenvalue weighted by Gasteiger charge is -2.03. The van der Waals surface area contributed by atoms with Crippen LogP contribution >= 0.6 is 23.4 Å². The highest BCUT2D eigenvalue weighted by molar-refractivity contribution is 7.97. The topological polar surface area (TPSA) is 20.2 Å². The Bertz CT molecular complexity index is 611. The summed E-state index contributed by atoms with van der Waals surface area (Å²) in [5, 5.41) is 9.47. The highest BCUT2D eigenvalue weighted by Gasteiger charge is 1.97.